The Morgan fingerprint density at radius 2 is 2.30 bits per heavy atom. The molecule has 0 fully saturated rings. The lowest BCUT2D eigenvalue weighted by Crippen LogP contribution is -1.96. The summed E-state index contributed by atoms with van der Waals surface area (Å²) in [5, 5.41) is 7.28. The van der Waals surface area contributed by atoms with Crippen molar-refractivity contribution >= 4 is 17.2 Å². The molecule has 0 aliphatic carbocycles. The molecule has 1 heterocycles. The molecule has 0 aromatic carbocycles. The highest BCUT2D eigenvalue weighted by Gasteiger charge is 2.01. The van der Waals surface area contributed by atoms with E-state index in [1.807, 2.05) is 19.1 Å². The van der Waals surface area contributed by atoms with Crippen molar-refractivity contribution in [2.45, 2.75) is 6.92 Å². The fraction of sp³-hybridized carbons (Fsp3) is 0.286. The van der Waals surface area contributed by atoms with Gasteiger partial charge in [-0.15, -0.1) is 11.3 Å². The zero-order valence-electron chi connectivity index (χ0n) is 5.97. The van der Waals surface area contributed by atoms with Crippen LogP contribution in [-0.2, 0) is 4.74 Å². The standard InChI is InChI=1S/C7H9NOS/c1-5-3-4-6(10-5)7(8)9-2/h3-4,8H,1-2H3. The van der Waals surface area contributed by atoms with Crippen LogP contribution in [0.4, 0.5) is 0 Å². The van der Waals surface area contributed by atoms with E-state index in [1.54, 1.807) is 11.3 Å². The Morgan fingerprint density at radius 3 is 2.70 bits per heavy atom. The van der Waals surface area contributed by atoms with E-state index < -0.39 is 0 Å². The Balaban J connectivity index is 2.85. The minimum Gasteiger partial charge on any atom is -0.480 e. The number of aryl methyl sites for hydroxylation is 1. The zero-order valence-corrected chi connectivity index (χ0v) is 6.79. The predicted octanol–water partition coefficient (Wildman–Crippen LogP) is 2.03. The fourth-order valence-corrected chi connectivity index (χ4v) is 1.45. The van der Waals surface area contributed by atoms with Crippen molar-refractivity contribution in [3.63, 3.8) is 0 Å². The van der Waals surface area contributed by atoms with Crippen molar-refractivity contribution in [1.82, 2.24) is 0 Å². The number of methoxy groups -OCH3 is 1. The first kappa shape index (κ1) is 7.28. The average Bonchev–Trinajstić information content (AvgIpc) is 2.34. The van der Waals surface area contributed by atoms with E-state index in [-0.39, 0.29) is 5.90 Å². The SMILES string of the molecule is COC(=N)c1ccc(C)s1. The van der Waals surface area contributed by atoms with Crippen LogP contribution in [0.3, 0.4) is 0 Å². The second kappa shape index (κ2) is 2.84. The molecular weight excluding hydrogens is 146 g/mol. The molecule has 3 heteroatoms. The van der Waals surface area contributed by atoms with Crippen LogP contribution in [0.1, 0.15) is 9.75 Å². The Kier molecular flexibility index (Phi) is 2.06. The smallest absolute Gasteiger partial charge is 0.223 e. The summed E-state index contributed by atoms with van der Waals surface area (Å²) < 4.78 is 4.74. The molecule has 0 aliphatic heterocycles. The highest BCUT2D eigenvalue weighted by molar-refractivity contribution is 7.13. The Bertz CT molecular complexity index is 242. The molecule has 0 spiro atoms. The normalized spacial score (nSPS) is 9.40. The lowest BCUT2D eigenvalue weighted by atomic mass is 10.4. The first-order valence-corrected chi connectivity index (χ1v) is 3.75. The van der Waals surface area contributed by atoms with E-state index >= 15 is 0 Å². The molecule has 0 aliphatic rings. The fourth-order valence-electron chi connectivity index (χ4n) is 0.657. The van der Waals surface area contributed by atoms with Gasteiger partial charge in [-0.25, -0.2) is 0 Å². The van der Waals surface area contributed by atoms with Crippen LogP contribution >= 0.6 is 11.3 Å². The number of nitrogens with one attached hydrogen (secondary N) is 1. The maximum atomic E-state index is 7.28. The van der Waals surface area contributed by atoms with Gasteiger partial charge in [0.2, 0.25) is 5.90 Å². The molecule has 0 unspecified atom stereocenters. The number of ether oxygens (including phenoxy) is 1. The van der Waals surface area contributed by atoms with Crippen LogP contribution in [0.15, 0.2) is 12.1 Å². The molecule has 0 atom stereocenters. The van der Waals surface area contributed by atoms with Gasteiger partial charge in [0.05, 0.1) is 12.0 Å². The van der Waals surface area contributed by atoms with Crippen molar-refractivity contribution < 1.29 is 4.74 Å². The number of hydrogen-bond donors (Lipinski definition) is 1. The van der Waals surface area contributed by atoms with E-state index in [1.165, 1.54) is 12.0 Å². The molecule has 10 heavy (non-hydrogen) atoms. The molecule has 54 valence electrons. The van der Waals surface area contributed by atoms with Crippen molar-refractivity contribution in [3.05, 3.63) is 21.9 Å². The zero-order chi connectivity index (χ0) is 7.56. The van der Waals surface area contributed by atoms with Gasteiger partial charge in [0.25, 0.3) is 0 Å². The molecule has 1 aromatic rings. The molecule has 2 nitrogen and oxygen atoms in total. The minimum absolute atomic E-state index is 0.248. The van der Waals surface area contributed by atoms with Gasteiger partial charge in [0, 0.05) is 4.88 Å². The van der Waals surface area contributed by atoms with Crippen LogP contribution in [0, 0.1) is 12.3 Å². The topological polar surface area (TPSA) is 33.1 Å². The second-order valence-corrected chi connectivity index (χ2v) is 3.23. The van der Waals surface area contributed by atoms with Crippen LogP contribution in [-0.4, -0.2) is 13.0 Å². The summed E-state index contributed by atoms with van der Waals surface area (Å²) in [5.41, 5.74) is 0. The van der Waals surface area contributed by atoms with Crippen molar-refractivity contribution in [2.24, 2.45) is 0 Å². The van der Waals surface area contributed by atoms with Gasteiger partial charge in [0.1, 0.15) is 0 Å². The monoisotopic (exact) mass is 155 g/mol. The predicted molar refractivity (Wildman–Crippen MR) is 42.9 cm³/mol. The maximum Gasteiger partial charge on any atom is 0.223 e. The molecule has 0 saturated heterocycles. The number of hydrogen-bond acceptors (Lipinski definition) is 3. The first-order valence-electron chi connectivity index (χ1n) is 2.93. The quantitative estimate of drug-likeness (QED) is 0.488. The van der Waals surface area contributed by atoms with Crippen LogP contribution in [0.2, 0.25) is 0 Å². The van der Waals surface area contributed by atoms with Gasteiger partial charge < -0.3 is 4.74 Å². The summed E-state index contributed by atoms with van der Waals surface area (Å²) in [6.45, 7) is 2.01. The lowest BCUT2D eigenvalue weighted by Gasteiger charge is -1.95. The van der Waals surface area contributed by atoms with Gasteiger partial charge in [-0.3, -0.25) is 5.41 Å². The molecule has 1 aromatic heterocycles. The molecule has 1 N–H and O–H groups in total. The summed E-state index contributed by atoms with van der Waals surface area (Å²) in [6.07, 6.45) is 0. The van der Waals surface area contributed by atoms with E-state index in [0.29, 0.717) is 0 Å². The molecule has 1 rings (SSSR count). The van der Waals surface area contributed by atoms with Gasteiger partial charge >= 0.3 is 0 Å². The second-order valence-electron chi connectivity index (χ2n) is 1.94. The summed E-state index contributed by atoms with van der Waals surface area (Å²) in [7, 11) is 1.51. The van der Waals surface area contributed by atoms with Gasteiger partial charge in [-0.2, -0.15) is 0 Å². The van der Waals surface area contributed by atoms with E-state index in [0.717, 1.165) is 4.88 Å². The molecule has 0 radical (unpaired) electrons. The van der Waals surface area contributed by atoms with E-state index in [4.69, 9.17) is 10.1 Å². The largest absolute Gasteiger partial charge is 0.480 e. The third-order valence-electron chi connectivity index (χ3n) is 1.17. The molecule has 0 bridgehead atoms. The molecular formula is C7H9NOS. The third kappa shape index (κ3) is 1.36. The Labute approximate surface area is 64.0 Å². The van der Waals surface area contributed by atoms with Crippen LogP contribution in [0.5, 0.6) is 0 Å². The Hall–Kier alpha value is -0.830. The van der Waals surface area contributed by atoms with Crippen LogP contribution in [0.25, 0.3) is 0 Å². The summed E-state index contributed by atoms with van der Waals surface area (Å²) in [4.78, 5) is 2.09. The summed E-state index contributed by atoms with van der Waals surface area (Å²) in [5.74, 6) is 0.248. The van der Waals surface area contributed by atoms with Crippen molar-refractivity contribution in [1.29, 1.82) is 5.41 Å². The average molecular weight is 155 g/mol. The van der Waals surface area contributed by atoms with Crippen LogP contribution < -0.4 is 0 Å². The molecule has 0 amide bonds. The maximum absolute atomic E-state index is 7.28. The van der Waals surface area contributed by atoms with Gasteiger partial charge in [-0.05, 0) is 19.1 Å². The van der Waals surface area contributed by atoms with Gasteiger partial charge in [-0.1, -0.05) is 0 Å². The lowest BCUT2D eigenvalue weighted by molar-refractivity contribution is 0.402. The highest BCUT2D eigenvalue weighted by Crippen LogP contribution is 2.15. The van der Waals surface area contributed by atoms with E-state index in [9.17, 15) is 0 Å². The third-order valence-corrected chi connectivity index (χ3v) is 2.17. The van der Waals surface area contributed by atoms with Crippen molar-refractivity contribution in [2.75, 3.05) is 7.11 Å². The van der Waals surface area contributed by atoms with Crippen molar-refractivity contribution in [3.8, 4) is 0 Å². The highest BCUT2D eigenvalue weighted by atomic mass is 32.1. The number of thiophene rings is 1. The number of rotatable bonds is 1. The Morgan fingerprint density at radius 1 is 1.60 bits per heavy atom. The first-order chi connectivity index (χ1) is 4.74. The summed E-state index contributed by atoms with van der Waals surface area (Å²) >= 11 is 1.57. The molecule has 0 saturated carbocycles. The summed E-state index contributed by atoms with van der Waals surface area (Å²) in [6, 6.07) is 3.87. The van der Waals surface area contributed by atoms with E-state index in [2.05, 4.69) is 0 Å². The minimum atomic E-state index is 0.248. The van der Waals surface area contributed by atoms with Gasteiger partial charge in [0.15, 0.2) is 0 Å².